The first kappa shape index (κ1) is 93.6. The second kappa shape index (κ2) is 48.1. The molecule has 6 atom stereocenters. The number of benzene rings is 10. The third kappa shape index (κ3) is 29.7. The van der Waals surface area contributed by atoms with Crippen LogP contribution in [0.2, 0.25) is 0 Å². The van der Waals surface area contributed by atoms with Crippen molar-refractivity contribution in [1.29, 1.82) is 0 Å². The van der Waals surface area contributed by atoms with Crippen LogP contribution >= 0.6 is 0 Å². The largest absolute Gasteiger partial charge is 0.494 e. The lowest BCUT2D eigenvalue weighted by Gasteiger charge is -2.19. The summed E-state index contributed by atoms with van der Waals surface area (Å²) in [6, 6.07) is 48.3. The molecule has 24 nitrogen and oxygen atoms in total. The summed E-state index contributed by atoms with van der Waals surface area (Å²) in [6.45, 7) is 7.87. The second-order valence-electron chi connectivity index (χ2n) is 35.1. The van der Waals surface area contributed by atoms with Gasteiger partial charge in [-0.2, -0.15) is 0 Å². The molecule has 16 rings (SSSR count). The molecule has 132 heavy (non-hydrogen) atoms. The SMILES string of the molecule is O=C(Oc1cc2c3cc(OC(=O)c4ccc(OCCCCCCC5CO5)cc4)c(OC(=O)c4ccc(OCCCCCCC5CO5)cc4)cc3c3cc(OC(=O)c4ccc(OCCCCCCC5CO5)cc4)c(OC(=O)c4ccc(OCCCCCCC5CO5)cc4)cc3c2cc1OC(=O)c1ccc(OCCCCCCC2CO2)cc1)c1ccc(OCCCCCCC2CO2)cc1. The van der Waals surface area contributed by atoms with Crippen molar-refractivity contribution in [3.8, 4) is 69.0 Å². The number of fused-ring (bicyclic) bond motifs is 6. The Kier molecular flexibility index (Phi) is 34.1. The second-order valence-corrected chi connectivity index (χ2v) is 35.1. The Hall–Kier alpha value is -11.6. The number of epoxide rings is 6. The summed E-state index contributed by atoms with van der Waals surface area (Å²) >= 11 is 0. The quantitative estimate of drug-likeness (QED) is 0.0112. The molecule has 6 fully saturated rings. The van der Waals surface area contributed by atoms with E-state index in [4.69, 9.17) is 85.3 Å². The van der Waals surface area contributed by atoms with Crippen LogP contribution in [0, 0.1) is 0 Å². The first-order valence-electron chi connectivity index (χ1n) is 47.8. The molecule has 6 aliphatic heterocycles. The van der Waals surface area contributed by atoms with Crippen molar-refractivity contribution < 1.29 is 114 Å². The van der Waals surface area contributed by atoms with E-state index in [1.165, 1.54) is 36.4 Å². The number of carbonyl (C=O) groups excluding carboxylic acids is 6. The number of hydrogen-bond donors (Lipinski definition) is 0. The third-order valence-electron chi connectivity index (χ3n) is 24.4. The van der Waals surface area contributed by atoms with E-state index in [-0.39, 0.29) is 100 Å². The van der Waals surface area contributed by atoms with Crippen LogP contribution < -0.4 is 56.8 Å². The molecule has 0 spiro atoms. The summed E-state index contributed by atoms with van der Waals surface area (Å²) in [5.74, 6) is -3.16. The van der Waals surface area contributed by atoms with Crippen molar-refractivity contribution in [2.45, 2.75) is 229 Å². The highest BCUT2D eigenvalue weighted by Gasteiger charge is 2.31. The normalized spacial score (nSPS) is 17.1. The maximum atomic E-state index is 15.0. The Morgan fingerprint density at radius 3 is 0.447 bits per heavy atom. The van der Waals surface area contributed by atoms with Gasteiger partial charge < -0.3 is 85.3 Å². The molecular formula is C108H120O24. The number of carbonyl (C=O) groups is 6. The number of hydrogen-bond acceptors (Lipinski definition) is 24. The topological polar surface area (TPSA) is 288 Å². The molecule has 0 aromatic heterocycles. The smallest absolute Gasteiger partial charge is 0.343 e. The zero-order chi connectivity index (χ0) is 90.4. The van der Waals surface area contributed by atoms with Gasteiger partial charge in [-0.05, 0) is 291 Å². The molecule has 0 saturated carbocycles. The fourth-order valence-electron chi connectivity index (χ4n) is 16.1. The van der Waals surface area contributed by atoms with Gasteiger partial charge in [0.25, 0.3) is 0 Å². The summed E-state index contributed by atoms with van der Waals surface area (Å²) in [4.78, 5) is 90.0. The summed E-state index contributed by atoms with van der Waals surface area (Å²) < 4.78 is 108. The molecule has 0 radical (unpaired) electrons. The summed E-state index contributed by atoms with van der Waals surface area (Å²) in [5, 5.41) is 1.65. The Balaban J connectivity index is 0.774. The highest BCUT2D eigenvalue weighted by atomic mass is 16.6. The van der Waals surface area contributed by atoms with Gasteiger partial charge in [0.2, 0.25) is 0 Å². The minimum Gasteiger partial charge on any atom is -0.494 e. The van der Waals surface area contributed by atoms with Crippen LogP contribution in [0.3, 0.4) is 0 Å². The van der Waals surface area contributed by atoms with Crippen molar-refractivity contribution in [3.05, 3.63) is 215 Å². The standard InChI is InChI=1S/C108H120O24/c109-103(73-31-43-79(44-32-73)115-55-19-7-1-13-25-85-67-121-85)127-97-61-91-92(62-98(97)128-104(110)74-33-45-80(46-34-74)116-56-20-8-2-14-26-86-68-122-86)94-64-100(130-106(112)76-37-49-82(50-38-76)118-58-22-10-4-16-28-88-70-124-88)102(132-108(114)78-41-53-84(54-42-78)120-60-24-12-6-18-30-90-72-126-90)66-96(94)95-65-101(131-107(113)77-39-51-83(52-40-77)119-59-23-11-5-17-29-89-71-125-89)99(63-93(91)95)129-105(111)75-35-47-81(48-36-75)117-57-21-9-3-15-27-87-69-123-87/h31-54,61-66,85-90H,1-30,55-60,67-72H2. The van der Waals surface area contributed by atoms with Crippen molar-refractivity contribution in [3.63, 3.8) is 0 Å². The molecule has 6 saturated heterocycles. The van der Waals surface area contributed by atoms with Crippen molar-refractivity contribution in [2.75, 3.05) is 79.3 Å². The Morgan fingerprint density at radius 1 is 0.189 bits per heavy atom. The fourth-order valence-corrected chi connectivity index (χ4v) is 16.1. The Morgan fingerprint density at radius 2 is 0.318 bits per heavy atom. The van der Waals surface area contributed by atoms with E-state index in [0.29, 0.717) is 111 Å². The lowest BCUT2D eigenvalue weighted by atomic mass is 9.93. The van der Waals surface area contributed by atoms with Gasteiger partial charge in [-0.25, -0.2) is 28.8 Å². The average molecular weight is 1800 g/mol. The summed E-state index contributed by atoms with van der Waals surface area (Å²) in [7, 11) is 0. The van der Waals surface area contributed by atoms with Crippen LogP contribution in [0.25, 0.3) is 32.3 Å². The number of esters is 6. The zero-order valence-corrected chi connectivity index (χ0v) is 75.3. The molecule has 10 aromatic carbocycles. The molecule has 6 aliphatic rings. The number of unbranched alkanes of at least 4 members (excludes halogenated alkanes) is 18. The molecule has 6 heterocycles. The number of rotatable bonds is 60. The molecule has 696 valence electrons. The monoisotopic (exact) mass is 1800 g/mol. The lowest BCUT2D eigenvalue weighted by molar-refractivity contribution is 0.0682. The van der Waals surface area contributed by atoms with E-state index >= 15 is 0 Å². The predicted octanol–water partition coefficient (Wildman–Crippen LogP) is 22.8. The molecule has 0 bridgehead atoms. The van der Waals surface area contributed by atoms with Crippen molar-refractivity contribution >= 4 is 68.1 Å². The highest BCUT2D eigenvalue weighted by molar-refractivity contribution is 6.27. The average Bonchev–Trinajstić information content (AvgIpc) is 1.57. The zero-order valence-electron chi connectivity index (χ0n) is 75.3. The van der Waals surface area contributed by atoms with E-state index in [1.54, 1.807) is 146 Å². The molecule has 24 heteroatoms. The van der Waals surface area contributed by atoms with Crippen LogP contribution in [0.15, 0.2) is 182 Å². The molecule has 0 N–H and O–H groups in total. The lowest BCUT2D eigenvalue weighted by Crippen LogP contribution is -2.14. The van der Waals surface area contributed by atoms with Crippen molar-refractivity contribution in [2.24, 2.45) is 0 Å². The fraction of sp³-hybridized carbons (Fsp3) is 0.444. The maximum absolute atomic E-state index is 15.0. The van der Waals surface area contributed by atoms with E-state index in [1.807, 2.05) is 0 Å². The van der Waals surface area contributed by atoms with E-state index in [9.17, 15) is 28.8 Å². The molecule has 10 aromatic rings. The van der Waals surface area contributed by atoms with Crippen LogP contribution in [-0.4, -0.2) is 152 Å². The van der Waals surface area contributed by atoms with Crippen LogP contribution in [0.1, 0.15) is 255 Å². The van der Waals surface area contributed by atoms with E-state index < -0.39 is 35.8 Å². The van der Waals surface area contributed by atoms with Gasteiger partial charge in [0.05, 0.1) is 149 Å². The Labute approximate surface area is 771 Å². The van der Waals surface area contributed by atoms with Gasteiger partial charge in [0.1, 0.15) is 34.5 Å². The number of ether oxygens (including phenoxy) is 18. The van der Waals surface area contributed by atoms with Gasteiger partial charge in [-0.3, -0.25) is 0 Å². The van der Waals surface area contributed by atoms with Gasteiger partial charge >= 0.3 is 35.8 Å². The van der Waals surface area contributed by atoms with Gasteiger partial charge in [0, 0.05) is 0 Å². The minimum atomic E-state index is -0.837. The summed E-state index contributed by atoms with van der Waals surface area (Å²) in [6.07, 6.45) is 32.6. The van der Waals surface area contributed by atoms with Gasteiger partial charge in [0.15, 0.2) is 34.5 Å². The van der Waals surface area contributed by atoms with Gasteiger partial charge in [-0.1, -0.05) is 116 Å². The van der Waals surface area contributed by atoms with Crippen LogP contribution in [-0.2, 0) is 28.4 Å². The Bertz CT molecular complexity index is 4540. The molecular weight excluding hydrogens is 1680 g/mol. The van der Waals surface area contributed by atoms with Gasteiger partial charge in [-0.15, -0.1) is 0 Å². The maximum Gasteiger partial charge on any atom is 0.343 e. The van der Waals surface area contributed by atoms with Crippen LogP contribution in [0.4, 0.5) is 0 Å². The van der Waals surface area contributed by atoms with E-state index in [2.05, 4.69) is 0 Å². The van der Waals surface area contributed by atoms with E-state index in [0.717, 1.165) is 232 Å². The predicted molar refractivity (Wildman–Crippen MR) is 497 cm³/mol. The van der Waals surface area contributed by atoms with Crippen LogP contribution in [0.5, 0.6) is 69.0 Å². The highest BCUT2D eigenvalue weighted by Crippen LogP contribution is 2.49. The van der Waals surface area contributed by atoms with Crippen molar-refractivity contribution in [1.82, 2.24) is 0 Å². The molecule has 0 amide bonds. The first-order chi connectivity index (χ1) is 64.9. The first-order valence-corrected chi connectivity index (χ1v) is 47.8. The molecule has 6 unspecified atom stereocenters. The minimum absolute atomic E-state index is 0.126. The third-order valence-corrected chi connectivity index (χ3v) is 24.4. The summed E-state index contributed by atoms with van der Waals surface area (Å²) in [5.41, 5.74) is 0.755. The molecule has 0 aliphatic carbocycles.